The number of hydrogen-bond donors (Lipinski definition) is 1. The van der Waals surface area contributed by atoms with Crippen molar-refractivity contribution in [2.24, 2.45) is 0 Å². The van der Waals surface area contributed by atoms with Crippen LogP contribution in [0.4, 0.5) is 4.79 Å². The summed E-state index contributed by atoms with van der Waals surface area (Å²) in [5.41, 5.74) is 2.93. The number of nitrogens with zero attached hydrogens (tertiary/aromatic N) is 2. The highest BCUT2D eigenvalue weighted by molar-refractivity contribution is 6.09. The maximum Gasteiger partial charge on any atom is 0.325 e. The monoisotopic (exact) mass is 449 g/mol. The molecule has 8 heteroatoms. The van der Waals surface area contributed by atoms with E-state index in [1.54, 1.807) is 19.1 Å². The van der Waals surface area contributed by atoms with Crippen LogP contribution in [0.3, 0.4) is 0 Å². The standard InChI is InChI=1S/C25H27N3O5/c1-32-20-12-17-9-11-27(14-18(17)13-21(20)33-2)22(29)15-28-23(30)25(26-24(28)31)10-5-7-16-6-3-4-8-19(16)25/h3-4,6,8,12-13H,5,7,9-11,14-15H2,1-2H3,(H,26,31). The molecule has 1 atom stereocenters. The molecule has 2 heterocycles. The fourth-order valence-electron chi connectivity index (χ4n) is 5.29. The van der Waals surface area contributed by atoms with Crippen molar-refractivity contribution in [3.63, 3.8) is 0 Å². The van der Waals surface area contributed by atoms with Gasteiger partial charge in [0.1, 0.15) is 12.1 Å². The van der Waals surface area contributed by atoms with E-state index in [0.29, 0.717) is 37.4 Å². The van der Waals surface area contributed by atoms with Crippen LogP contribution >= 0.6 is 0 Å². The van der Waals surface area contributed by atoms with Crippen molar-refractivity contribution in [2.75, 3.05) is 27.3 Å². The molecule has 0 aromatic heterocycles. The van der Waals surface area contributed by atoms with Crippen molar-refractivity contribution < 1.29 is 23.9 Å². The van der Waals surface area contributed by atoms with Gasteiger partial charge in [0.25, 0.3) is 5.91 Å². The van der Waals surface area contributed by atoms with E-state index in [-0.39, 0.29) is 18.4 Å². The first kappa shape index (κ1) is 21.3. The number of ether oxygens (including phenoxy) is 2. The predicted molar refractivity (Wildman–Crippen MR) is 120 cm³/mol. The van der Waals surface area contributed by atoms with Gasteiger partial charge in [0, 0.05) is 13.1 Å². The molecule has 5 rings (SSSR count). The molecule has 3 aliphatic rings. The van der Waals surface area contributed by atoms with Crippen molar-refractivity contribution in [1.29, 1.82) is 0 Å². The molecule has 2 aliphatic heterocycles. The van der Waals surface area contributed by atoms with Crippen molar-refractivity contribution in [3.8, 4) is 11.5 Å². The Hall–Kier alpha value is -3.55. The summed E-state index contributed by atoms with van der Waals surface area (Å²) in [4.78, 5) is 42.2. The van der Waals surface area contributed by atoms with Crippen molar-refractivity contribution >= 4 is 17.8 Å². The van der Waals surface area contributed by atoms with E-state index in [4.69, 9.17) is 9.47 Å². The minimum Gasteiger partial charge on any atom is -0.493 e. The highest BCUT2D eigenvalue weighted by Gasteiger charge is 2.54. The van der Waals surface area contributed by atoms with Crippen LogP contribution in [0.25, 0.3) is 0 Å². The van der Waals surface area contributed by atoms with Gasteiger partial charge >= 0.3 is 6.03 Å². The van der Waals surface area contributed by atoms with Crippen LogP contribution in [-0.4, -0.2) is 55.0 Å². The molecule has 172 valence electrons. The van der Waals surface area contributed by atoms with Crippen molar-refractivity contribution in [2.45, 2.75) is 37.8 Å². The SMILES string of the molecule is COc1cc2c(cc1OC)CN(C(=O)CN1C(=O)NC3(CCCc4ccccc43)C1=O)CC2. The van der Waals surface area contributed by atoms with E-state index in [1.165, 1.54) is 0 Å². The van der Waals surface area contributed by atoms with Gasteiger partial charge in [-0.2, -0.15) is 0 Å². The van der Waals surface area contributed by atoms with E-state index in [9.17, 15) is 14.4 Å². The molecule has 8 nitrogen and oxygen atoms in total. The summed E-state index contributed by atoms with van der Waals surface area (Å²) in [5.74, 6) is 0.683. The molecule has 33 heavy (non-hydrogen) atoms. The molecule has 1 spiro atoms. The number of imide groups is 1. The summed E-state index contributed by atoms with van der Waals surface area (Å²) in [6.45, 7) is 0.641. The van der Waals surface area contributed by atoms with E-state index >= 15 is 0 Å². The smallest absolute Gasteiger partial charge is 0.325 e. The van der Waals surface area contributed by atoms with Crippen molar-refractivity contribution in [3.05, 3.63) is 58.7 Å². The quantitative estimate of drug-likeness (QED) is 0.724. The molecule has 2 aromatic rings. The van der Waals surface area contributed by atoms with Crippen LogP contribution in [0.1, 0.15) is 35.1 Å². The topological polar surface area (TPSA) is 88.2 Å². The van der Waals surface area contributed by atoms with Crippen LogP contribution in [0, 0.1) is 0 Å². The number of fused-ring (bicyclic) bond motifs is 3. The number of amides is 4. The molecule has 0 saturated carbocycles. The Morgan fingerprint density at radius 1 is 1.03 bits per heavy atom. The fraction of sp³-hybridized carbons (Fsp3) is 0.400. The average Bonchev–Trinajstić information content (AvgIpc) is 3.07. The number of benzene rings is 2. The van der Waals surface area contributed by atoms with E-state index in [1.807, 2.05) is 36.4 Å². The van der Waals surface area contributed by atoms with Gasteiger partial charge in [-0.1, -0.05) is 24.3 Å². The number of carbonyl (C=O) groups excluding carboxylic acids is 3. The van der Waals surface area contributed by atoms with Gasteiger partial charge in [0.05, 0.1) is 14.2 Å². The van der Waals surface area contributed by atoms with Crippen LogP contribution in [0.15, 0.2) is 36.4 Å². The Morgan fingerprint density at radius 3 is 2.52 bits per heavy atom. The Bertz CT molecular complexity index is 1150. The average molecular weight is 450 g/mol. The third-order valence-electron chi connectivity index (χ3n) is 7.01. The van der Waals surface area contributed by atoms with Crippen LogP contribution < -0.4 is 14.8 Å². The van der Waals surface area contributed by atoms with Crippen molar-refractivity contribution in [1.82, 2.24) is 15.1 Å². The summed E-state index contributed by atoms with van der Waals surface area (Å²) >= 11 is 0. The number of hydrogen-bond acceptors (Lipinski definition) is 5. The van der Waals surface area contributed by atoms with Gasteiger partial charge in [0.2, 0.25) is 5.91 Å². The lowest BCUT2D eigenvalue weighted by atomic mass is 9.76. The fourth-order valence-corrected chi connectivity index (χ4v) is 5.29. The number of carbonyl (C=O) groups is 3. The molecule has 0 bridgehead atoms. The van der Waals surface area contributed by atoms with Gasteiger partial charge in [-0.15, -0.1) is 0 Å². The largest absolute Gasteiger partial charge is 0.493 e. The van der Waals surface area contributed by atoms with Crippen LogP contribution in [-0.2, 0) is 34.5 Å². The highest BCUT2D eigenvalue weighted by atomic mass is 16.5. The molecule has 1 fully saturated rings. The maximum absolute atomic E-state index is 13.5. The first-order chi connectivity index (χ1) is 16.0. The minimum absolute atomic E-state index is 0.250. The Morgan fingerprint density at radius 2 is 1.76 bits per heavy atom. The third kappa shape index (κ3) is 3.41. The molecular formula is C25H27N3O5. The van der Waals surface area contributed by atoms with E-state index in [2.05, 4.69) is 5.32 Å². The minimum atomic E-state index is -1.06. The molecule has 4 amide bonds. The van der Waals surface area contributed by atoms with Gasteiger partial charge in [-0.3, -0.25) is 14.5 Å². The third-order valence-corrected chi connectivity index (χ3v) is 7.01. The first-order valence-corrected chi connectivity index (χ1v) is 11.2. The second-order valence-corrected chi connectivity index (χ2v) is 8.78. The summed E-state index contributed by atoms with van der Waals surface area (Å²) in [6, 6.07) is 11.0. The Kier molecular flexibility index (Phi) is 5.23. The summed E-state index contributed by atoms with van der Waals surface area (Å²) in [5, 5.41) is 2.91. The predicted octanol–water partition coefficient (Wildman–Crippen LogP) is 2.37. The Balaban J connectivity index is 1.34. The second-order valence-electron chi connectivity index (χ2n) is 8.78. The maximum atomic E-state index is 13.5. The first-order valence-electron chi connectivity index (χ1n) is 11.2. The second kappa shape index (κ2) is 8.10. The van der Waals surface area contributed by atoms with E-state index in [0.717, 1.165) is 40.0 Å². The van der Waals surface area contributed by atoms with Crippen LogP contribution in [0.2, 0.25) is 0 Å². The summed E-state index contributed by atoms with van der Waals surface area (Å²) in [6.07, 6.45) is 2.89. The number of methoxy groups -OCH3 is 2. The van der Waals surface area contributed by atoms with E-state index < -0.39 is 11.6 Å². The molecule has 1 saturated heterocycles. The molecule has 1 aliphatic carbocycles. The molecule has 2 aromatic carbocycles. The normalized spacial score (nSPS) is 21.5. The van der Waals surface area contributed by atoms with Crippen LogP contribution in [0.5, 0.6) is 11.5 Å². The number of nitrogens with one attached hydrogen (secondary N) is 1. The van der Waals surface area contributed by atoms with Gasteiger partial charge in [-0.25, -0.2) is 4.79 Å². The zero-order valence-electron chi connectivity index (χ0n) is 18.8. The lowest BCUT2D eigenvalue weighted by molar-refractivity contribution is -0.140. The highest BCUT2D eigenvalue weighted by Crippen LogP contribution is 2.40. The number of urea groups is 1. The molecule has 1 N–H and O–H groups in total. The van der Waals surface area contributed by atoms with Gasteiger partial charge in [0.15, 0.2) is 11.5 Å². The zero-order valence-corrected chi connectivity index (χ0v) is 18.8. The Labute approximate surface area is 192 Å². The van der Waals surface area contributed by atoms with Gasteiger partial charge < -0.3 is 19.7 Å². The number of rotatable bonds is 4. The molecular weight excluding hydrogens is 422 g/mol. The summed E-state index contributed by atoms with van der Waals surface area (Å²) in [7, 11) is 3.17. The molecule has 1 unspecified atom stereocenters. The summed E-state index contributed by atoms with van der Waals surface area (Å²) < 4.78 is 10.8. The zero-order chi connectivity index (χ0) is 23.2. The number of aryl methyl sites for hydroxylation is 1. The lowest BCUT2D eigenvalue weighted by Crippen LogP contribution is -2.48. The van der Waals surface area contributed by atoms with Gasteiger partial charge in [-0.05, 0) is 60.1 Å². The lowest BCUT2D eigenvalue weighted by Gasteiger charge is -2.33. The molecule has 0 radical (unpaired) electrons.